The molecule has 4 heteroatoms. The van der Waals surface area contributed by atoms with Crippen molar-refractivity contribution in [2.75, 3.05) is 18.6 Å². The van der Waals surface area contributed by atoms with Gasteiger partial charge in [-0.2, -0.15) is 11.8 Å². The van der Waals surface area contributed by atoms with Crippen molar-refractivity contribution in [2.24, 2.45) is 0 Å². The number of amides is 1. The van der Waals surface area contributed by atoms with Crippen molar-refractivity contribution in [3.8, 4) is 0 Å². The van der Waals surface area contributed by atoms with Crippen LogP contribution in [0.1, 0.15) is 16.8 Å². The van der Waals surface area contributed by atoms with E-state index in [2.05, 4.69) is 4.90 Å². The summed E-state index contributed by atoms with van der Waals surface area (Å²) in [5, 5.41) is 0.688. The van der Waals surface area contributed by atoms with Crippen LogP contribution in [0.15, 0.2) is 29.2 Å². The molecule has 0 spiro atoms. The predicted octanol–water partition coefficient (Wildman–Crippen LogP) is 2.74. The fourth-order valence-corrected chi connectivity index (χ4v) is 4.46. The normalized spacial score (nSPS) is 26.5. The summed E-state index contributed by atoms with van der Waals surface area (Å²) in [5.41, 5.74) is 0.842. The monoisotopic (exact) mass is 265 g/mol. The number of nitrogens with zero attached hydrogens (tertiary/aromatic N) is 1. The second kappa shape index (κ2) is 4.58. The lowest BCUT2D eigenvalue weighted by molar-refractivity contribution is 0.0747. The fourth-order valence-electron chi connectivity index (χ4n) is 2.57. The second-order valence-corrected chi connectivity index (χ2v) is 6.75. The highest BCUT2D eigenvalue weighted by atomic mass is 32.2. The van der Waals surface area contributed by atoms with E-state index in [9.17, 15) is 4.79 Å². The third-order valence-electron chi connectivity index (χ3n) is 3.48. The van der Waals surface area contributed by atoms with E-state index in [0.717, 1.165) is 22.8 Å². The first-order valence-electron chi connectivity index (χ1n) is 5.84. The van der Waals surface area contributed by atoms with Gasteiger partial charge in [-0.3, -0.25) is 4.79 Å². The Balaban J connectivity index is 1.81. The molecule has 2 bridgehead atoms. The topological polar surface area (TPSA) is 20.3 Å². The van der Waals surface area contributed by atoms with Gasteiger partial charge in [0, 0.05) is 34.0 Å². The van der Waals surface area contributed by atoms with Crippen LogP contribution in [0.25, 0.3) is 0 Å². The Labute approximate surface area is 110 Å². The van der Waals surface area contributed by atoms with Gasteiger partial charge in [-0.25, -0.2) is 0 Å². The molecule has 0 radical (unpaired) electrons. The van der Waals surface area contributed by atoms with Gasteiger partial charge in [-0.15, -0.1) is 11.8 Å². The molecule has 0 saturated carbocycles. The minimum absolute atomic E-state index is 0.216. The summed E-state index contributed by atoms with van der Waals surface area (Å²) in [5.74, 6) is 1.34. The van der Waals surface area contributed by atoms with Gasteiger partial charge in [0.2, 0.25) is 0 Å². The van der Waals surface area contributed by atoms with Gasteiger partial charge in [-0.05, 0) is 30.9 Å². The largest absolute Gasteiger partial charge is 0.334 e. The highest BCUT2D eigenvalue weighted by Crippen LogP contribution is 2.38. The number of carbonyl (C=O) groups excluding carboxylic acids is 1. The summed E-state index contributed by atoms with van der Waals surface area (Å²) < 4.78 is 0. The Kier molecular flexibility index (Phi) is 3.09. The van der Waals surface area contributed by atoms with Crippen LogP contribution in [0.5, 0.6) is 0 Å². The summed E-state index contributed by atoms with van der Waals surface area (Å²) in [6, 6.07) is 8.44. The molecule has 2 saturated heterocycles. The molecule has 1 amide bonds. The Bertz CT molecular complexity index is 449. The Morgan fingerprint density at radius 3 is 3.06 bits per heavy atom. The maximum atomic E-state index is 12.4. The molecule has 1 aromatic carbocycles. The SMILES string of the molecule is CSc1cccc(C(=O)N2C[C@H]3C[C@H]2CS3)c1. The van der Waals surface area contributed by atoms with E-state index < -0.39 is 0 Å². The molecule has 2 nitrogen and oxygen atoms in total. The minimum atomic E-state index is 0.216. The molecule has 2 atom stereocenters. The van der Waals surface area contributed by atoms with Crippen molar-refractivity contribution < 1.29 is 4.79 Å². The van der Waals surface area contributed by atoms with Gasteiger partial charge in [-0.1, -0.05) is 6.07 Å². The number of benzene rings is 1. The van der Waals surface area contributed by atoms with Gasteiger partial charge in [0.1, 0.15) is 0 Å². The molecule has 0 N–H and O–H groups in total. The van der Waals surface area contributed by atoms with E-state index in [-0.39, 0.29) is 5.91 Å². The second-order valence-electron chi connectivity index (χ2n) is 4.53. The zero-order chi connectivity index (χ0) is 11.8. The van der Waals surface area contributed by atoms with Crippen molar-refractivity contribution in [1.29, 1.82) is 0 Å². The van der Waals surface area contributed by atoms with Crippen LogP contribution in [-0.4, -0.2) is 40.7 Å². The van der Waals surface area contributed by atoms with Crippen LogP contribution in [-0.2, 0) is 0 Å². The summed E-state index contributed by atoms with van der Waals surface area (Å²) in [6.45, 7) is 0.942. The van der Waals surface area contributed by atoms with Crippen LogP contribution in [0.3, 0.4) is 0 Å². The third-order valence-corrected chi connectivity index (χ3v) is 5.59. The van der Waals surface area contributed by atoms with Gasteiger partial charge < -0.3 is 4.90 Å². The lowest BCUT2D eigenvalue weighted by atomic mass is 10.2. The number of hydrogen-bond donors (Lipinski definition) is 0. The van der Waals surface area contributed by atoms with Crippen molar-refractivity contribution in [2.45, 2.75) is 22.6 Å². The first-order valence-corrected chi connectivity index (χ1v) is 8.12. The first kappa shape index (κ1) is 11.5. The standard InChI is InChI=1S/C13H15NOS2/c1-16-11-4-2-3-9(5-11)13(15)14-7-12-6-10(14)8-17-12/h2-5,10,12H,6-8H2,1H3/t10-,12+/m0/s1. The molecule has 3 rings (SSSR count). The Hall–Kier alpha value is -0.610. The predicted molar refractivity (Wildman–Crippen MR) is 73.9 cm³/mol. The number of thioether (sulfide) groups is 2. The van der Waals surface area contributed by atoms with Crippen molar-refractivity contribution in [3.63, 3.8) is 0 Å². The summed E-state index contributed by atoms with van der Waals surface area (Å²) in [4.78, 5) is 15.6. The molecule has 2 aliphatic rings. The Morgan fingerprint density at radius 1 is 1.53 bits per heavy atom. The molecular formula is C13H15NOS2. The van der Waals surface area contributed by atoms with Gasteiger partial charge in [0.15, 0.2) is 0 Å². The minimum Gasteiger partial charge on any atom is -0.334 e. The quantitative estimate of drug-likeness (QED) is 0.767. The first-order chi connectivity index (χ1) is 8.28. The average molecular weight is 265 g/mol. The van der Waals surface area contributed by atoms with Crippen LogP contribution >= 0.6 is 23.5 Å². The zero-order valence-corrected chi connectivity index (χ0v) is 11.4. The molecule has 0 unspecified atom stereocenters. The zero-order valence-electron chi connectivity index (χ0n) is 9.76. The highest BCUT2D eigenvalue weighted by molar-refractivity contribution is 8.00. The van der Waals surface area contributed by atoms with Crippen molar-refractivity contribution >= 4 is 29.4 Å². The van der Waals surface area contributed by atoms with Crippen LogP contribution < -0.4 is 0 Å². The van der Waals surface area contributed by atoms with E-state index in [4.69, 9.17) is 0 Å². The number of carbonyl (C=O) groups is 1. The number of rotatable bonds is 2. The lowest BCUT2D eigenvalue weighted by Crippen LogP contribution is -2.39. The van der Waals surface area contributed by atoms with E-state index in [0.29, 0.717) is 11.3 Å². The smallest absolute Gasteiger partial charge is 0.254 e. The fraction of sp³-hybridized carbons (Fsp3) is 0.462. The van der Waals surface area contributed by atoms with Gasteiger partial charge >= 0.3 is 0 Å². The lowest BCUT2D eigenvalue weighted by Gasteiger charge is -2.26. The van der Waals surface area contributed by atoms with E-state index in [1.807, 2.05) is 42.3 Å². The maximum absolute atomic E-state index is 12.4. The molecule has 0 aromatic heterocycles. The number of likely N-dealkylation sites (tertiary alicyclic amines) is 1. The molecule has 90 valence electrons. The molecule has 17 heavy (non-hydrogen) atoms. The average Bonchev–Trinajstić information content (AvgIpc) is 3.00. The van der Waals surface area contributed by atoms with E-state index >= 15 is 0 Å². The molecule has 0 aliphatic carbocycles. The summed E-state index contributed by atoms with van der Waals surface area (Å²) in [6.07, 6.45) is 3.23. The van der Waals surface area contributed by atoms with Crippen molar-refractivity contribution in [1.82, 2.24) is 4.90 Å². The summed E-state index contributed by atoms with van der Waals surface area (Å²) >= 11 is 3.70. The van der Waals surface area contributed by atoms with E-state index in [1.54, 1.807) is 11.8 Å². The van der Waals surface area contributed by atoms with Crippen LogP contribution in [0, 0.1) is 0 Å². The molecule has 2 aliphatic heterocycles. The van der Waals surface area contributed by atoms with Crippen molar-refractivity contribution in [3.05, 3.63) is 29.8 Å². The van der Waals surface area contributed by atoms with E-state index in [1.165, 1.54) is 6.42 Å². The summed E-state index contributed by atoms with van der Waals surface area (Å²) in [7, 11) is 0. The van der Waals surface area contributed by atoms with Gasteiger partial charge in [0.25, 0.3) is 5.91 Å². The molecule has 2 heterocycles. The molecule has 2 fully saturated rings. The third kappa shape index (κ3) is 2.08. The number of fused-ring (bicyclic) bond motifs is 2. The molecule has 1 aromatic rings. The van der Waals surface area contributed by atoms with Crippen LogP contribution in [0.2, 0.25) is 0 Å². The molecular weight excluding hydrogens is 250 g/mol. The Morgan fingerprint density at radius 2 is 2.41 bits per heavy atom. The number of hydrogen-bond acceptors (Lipinski definition) is 3. The highest BCUT2D eigenvalue weighted by Gasteiger charge is 2.41. The maximum Gasteiger partial charge on any atom is 0.254 e. The van der Waals surface area contributed by atoms with Crippen LogP contribution in [0.4, 0.5) is 0 Å². The van der Waals surface area contributed by atoms with Gasteiger partial charge in [0.05, 0.1) is 0 Å².